The molecule has 0 radical (unpaired) electrons. The molecule has 2 aliphatic rings. The van der Waals surface area contributed by atoms with E-state index in [1.165, 1.54) is 6.08 Å². The van der Waals surface area contributed by atoms with Crippen LogP contribution in [0, 0.1) is 5.92 Å². The first-order chi connectivity index (χ1) is 12.6. The summed E-state index contributed by atoms with van der Waals surface area (Å²) in [5.41, 5.74) is 0. The van der Waals surface area contributed by atoms with Crippen molar-refractivity contribution >= 4 is 11.8 Å². The number of carbonyl (C=O) groups excluding carboxylic acids is 2. The molecule has 0 N–H and O–H groups in total. The Bertz CT molecular complexity index is 643. The van der Waals surface area contributed by atoms with Crippen molar-refractivity contribution in [2.75, 3.05) is 19.6 Å². The topological polar surface area (TPSA) is 53.8 Å². The maximum Gasteiger partial charge on any atom is 0.245 e. The number of hydrogen-bond donors (Lipinski definition) is 0. The molecule has 3 heterocycles. The molecular weight excluding hydrogens is 328 g/mol. The SMILES string of the molecule is C=CC(=O)N1CCC(C(=O)N2CCCCCC2c2ccc(CC)o2)CC1. The van der Waals surface area contributed by atoms with Crippen LogP contribution in [0.5, 0.6) is 0 Å². The van der Waals surface area contributed by atoms with E-state index in [9.17, 15) is 9.59 Å². The van der Waals surface area contributed by atoms with Gasteiger partial charge in [-0.2, -0.15) is 0 Å². The Morgan fingerprint density at radius 1 is 1.15 bits per heavy atom. The van der Waals surface area contributed by atoms with Gasteiger partial charge in [0.2, 0.25) is 11.8 Å². The molecule has 5 nitrogen and oxygen atoms in total. The van der Waals surface area contributed by atoms with Gasteiger partial charge >= 0.3 is 0 Å². The van der Waals surface area contributed by atoms with Crippen LogP contribution in [0.15, 0.2) is 29.2 Å². The highest BCUT2D eigenvalue weighted by Crippen LogP contribution is 2.34. The first-order valence-electron chi connectivity index (χ1n) is 9.94. The number of hydrogen-bond acceptors (Lipinski definition) is 3. The summed E-state index contributed by atoms with van der Waals surface area (Å²) in [4.78, 5) is 28.9. The Hall–Kier alpha value is -2.04. The summed E-state index contributed by atoms with van der Waals surface area (Å²) in [5, 5.41) is 0. The molecule has 0 bridgehead atoms. The number of aryl methyl sites for hydroxylation is 1. The van der Waals surface area contributed by atoms with Gasteiger partial charge in [-0.25, -0.2) is 0 Å². The van der Waals surface area contributed by atoms with E-state index in [0.717, 1.165) is 63.0 Å². The van der Waals surface area contributed by atoms with Gasteiger partial charge in [-0.05, 0) is 43.9 Å². The highest BCUT2D eigenvalue weighted by atomic mass is 16.3. The van der Waals surface area contributed by atoms with Gasteiger partial charge in [-0.15, -0.1) is 0 Å². The second-order valence-corrected chi connectivity index (χ2v) is 7.36. The monoisotopic (exact) mass is 358 g/mol. The molecule has 2 fully saturated rings. The minimum absolute atomic E-state index is 0.00470. The lowest BCUT2D eigenvalue weighted by molar-refractivity contribution is -0.142. The van der Waals surface area contributed by atoms with E-state index in [2.05, 4.69) is 18.4 Å². The van der Waals surface area contributed by atoms with Crippen molar-refractivity contribution in [1.82, 2.24) is 9.80 Å². The lowest BCUT2D eigenvalue weighted by Crippen LogP contribution is -2.45. The number of furan rings is 1. The van der Waals surface area contributed by atoms with E-state index in [-0.39, 0.29) is 23.8 Å². The molecule has 2 amide bonds. The molecule has 0 saturated carbocycles. The van der Waals surface area contributed by atoms with Gasteiger partial charge in [0.25, 0.3) is 0 Å². The molecule has 2 aliphatic heterocycles. The fraction of sp³-hybridized carbons (Fsp3) is 0.619. The molecule has 1 atom stereocenters. The third-order valence-corrected chi connectivity index (χ3v) is 5.73. The quantitative estimate of drug-likeness (QED) is 0.771. The number of rotatable bonds is 4. The van der Waals surface area contributed by atoms with Crippen molar-refractivity contribution in [1.29, 1.82) is 0 Å². The summed E-state index contributed by atoms with van der Waals surface area (Å²) in [5.74, 6) is 2.11. The van der Waals surface area contributed by atoms with Crippen molar-refractivity contribution in [3.8, 4) is 0 Å². The highest BCUT2D eigenvalue weighted by molar-refractivity contribution is 5.87. The van der Waals surface area contributed by atoms with Gasteiger partial charge in [-0.1, -0.05) is 26.3 Å². The lowest BCUT2D eigenvalue weighted by atomic mass is 9.94. The van der Waals surface area contributed by atoms with Crippen LogP contribution in [-0.4, -0.2) is 41.2 Å². The average molecular weight is 358 g/mol. The van der Waals surface area contributed by atoms with E-state index < -0.39 is 0 Å². The summed E-state index contributed by atoms with van der Waals surface area (Å²) in [7, 11) is 0. The van der Waals surface area contributed by atoms with Gasteiger partial charge in [-0.3, -0.25) is 9.59 Å². The van der Waals surface area contributed by atoms with Crippen LogP contribution in [0.2, 0.25) is 0 Å². The molecule has 5 heteroatoms. The Balaban J connectivity index is 1.71. The van der Waals surface area contributed by atoms with Crippen LogP contribution in [0.3, 0.4) is 0 Å². The van der Waals surface area contributed by atoms with Crippen molar-refractivity contribution in [3.05, 3.63) is 36.3 Å². The normalized spacial score (nSPS) is 22.1. The summed E-state index contributed by atoms with van der Waals surface area (Å²) < 4.78 is 6.00. The third kappa shape index (κ3) is 4.02. The molecule has 3 rings (SSSR count). The first kappa shape index (κ1) is 18.7. The molecule has 2 saturated heterocycles. The zero-order chi connectivity index (χ0) is 18.5. The highest BCUT2D eigenvalue weighted by Gasteiger charge is 2.35. The molecular formula is C21H30N2O3. The standard InChI is InChI=1S/C21H30N2O3/c1-3-17-9-10-19(26-17)18-8-6-5-7-13-23(18)21(25)16-11-14-22(15-12-16)20(24)4-2/h4,9-10,16,18H,2-3,5-8,11-15H2,1H3. The molecule has 0 spiro atoms. The number of amides is 2. The van der Waals surface area contributed by atoms with Gasteiger partial charge in [0, 0.05) is 32.0 Å². The smallest absolute Gasteiger partial charge is 0.245 e. The van der Waals surface area contributed by atoms with Gasteiger partial charge < -0.3 is 14.2 Å². The Kier molecular flexibility index (Phi) is 6.17. The van der Waals surface area contributed by atoms with Gasteiger partial charge in [0.1, 0.15) is 11.5 Å². The van der Waals surface area contributed by atoms with Crippen LogP contribution in [0.1, 0.15) is 63.0 Å². The fourth-order valence-electron chi connectivity index (χ4n) is 4.14. The lowest BCUT2D eigenvalue weighted by Gasteiger charge is -2.36. The summed E-state index contributed by atoms with van der Waals surface area (Å²) >= 11 is 0. The average Bonchev–Trinajstić information content (AvgIpc) is 3.03. The molecule has 142 valence electrons. The molecule has 1 unspecified atom stereocenters. The molecule has 1 aromatic heterocycles. The minimum Gasteiger partial charge on any atom is -0.464 e. The van der Waals surface area contributed by atoms with Crippen molar-refractivity contribution < 1.29 is 14.0 Å². The van der Waals surface area contributed by atoms with Crippen LogP contribution in [-0.2, 0) is 16.0 Å². The van der Waals surface area contributed by atoms with E-state index in [0.29, 0.717) is 13.1 Å². The Morgan fingerprint density at radius 2 is 1.92 bits per heavy atom. The van der Waals surface area contributed by atoms with E-state index in [1.807, 2.05) is 12.1 Å². The Morgan fingerprint density at radius 3 is 2.58 bits per heavy atom. The maximum atomic E-state index is 13.3. The predicted octanol–water partition coefficient (Wildman–Crippen LogP) is 3.71. The largest absolute Gasteiger partial charge is 0.464 e. The van der Waals surface area contributed by atoms with E-state index in [1.54, 1.807) is 4.90 Å². The van der Waals surface area contributed by atoms with Crippen LogP contribution < -0.4 is 0 Å². The fourth-order valence-corrected chi connectivity index (χ4v) is 4.14. The van der Waals surface area contributed by atoms with Crippen LogP contribution >= 0.6 is 0 Å². The molecule has 0 aromatic carbocycles. The number of nitrogens with zero attached hydrogens (tertiary/aromatic N) is 2. The second-order valence-electron chi connectivity index (χ2n) is 7.36. The van der Waals surface area contributed by atoms with Crippen LogP contribution in [0.4, 0.5) is 0 Å². The number of piperidine rings is 1. The van der Waals surface area contributed by atoms with Crippen molar-refractivity contribution in [2.45, 2.75) is 57.9 Å². The summed E-state index contributed by atoms with van der Waals surface area (Å²) in [6.07, 6.45) is 8.01. The third-order valence-electron chi connectivity index (χ3n) is 5.73. The van der Waals surface area contributed by atoms with Crippen molar-refractivity contribution in [2.24, 2.45) is 5.92 Å². The Labute approximate surface area is 156 Å². The zero-order valence-electron chi connectivity index (χ0n) is 15.8. The summed E-state index contributed by atoms with van der Waals surface area (Å²) in [6.45, 7) is 7.71. The van der Waals surface area contributed by atoms with Crippen molar-refractivity contribution in [3.63, 3.8) is 0 Å². The molecule has 26 heavy (non-hydrogen) atoms. The molecule has 0 aliphatic carbocycles. The van der Waals surface area contributed by atoms with Gasteiger partial charge in [0.15, 0.2) is 0 Å². The van der Waals surface area contributed by atoms with E-state index >= 15 is 0 Å². The zero-order valence-corrected chi connectivity index (χ0v) is 15.8. The van der Waals surface area contributed by atoms with Gasteiger partial charge in [0.05, 0.1) is 6.04 Å². The van der Waals surface area contributed by atoms with E-state index in [4.69, 9.17) is 4.42 Å². The number of carbonyl (C=O) groups is 2. The maximum absolute atomic E-state index is 13.3. The van der Waals surface area contributed by atoms with Crippen LogP contribution in [0.25, 0.3) is 0 Å². The first-order valence-corrected chi connectivity index (χ1v) is 9.94. The predicted molar refractivity (Wildman–Crippen MR) is 101 cm³/mol. The number of likely N-dealkylation sites (tertiary alicyclic amines) is 2. The summed E-state index contributed by atoms with van der Waals surface area (Å²) in [6, 6.07) is 4.13. The molecule has 1 aromatic rings. The second kappa shape index (κ2) is 8.56. The minimum atomic E-state index is -0.0359.